The Labute approximate surface area is 80.9 Å². The predicted molar refractivity (Wildman–Crippen MR) is 53.5 cm³/mol. The number of nitrogens with one attached hydrogen (secondary N) is 1. The van der Waals surface area contributed by atoms with Crippen LogP contribution in [0.25, 0.3) is 10.9 Å². The third kappa shape index (κ3) is 0.876. The van der Waals surface area contributed by atoms with E-state index in [0.29, 0.717) is 0 Å². The van der Waals surface area contributed by atoms with Gasteiger partial charge in [0.25, 0.3) is 0 Å². The molecule has 1 aromatic carbocycles. The second-order valence-corrected chi connectivity index (χ2v) is 3.82. The summed E-state index contributed by atoms with van der Waals surface area (Å²) in [6.45, 7) is 0. The number of rotatable bonds is 0. The van der Waals surface area contributed by atoms with Crippen LogP contribution >= 0.6 is 0 Å². The van der Waals surface area contributed by atoms with Crippen LogP contribution in [0.5, 0.6) is 0 Å². The fraction of sp³-hybridized carbons (Fsp3) is 0.273. The first kappa shape index (κ1) is 8.00. The van der Waals surface area contributed by atoms with E-state index in [2.05, 4.69) is 4.98 Å². The molecule has 72 valence electrons. The van der Waals surface area contributed by atoms with Gasteiger partial charge in [-0.1, -0.05) is 6.07 Å². The number of hydrogen-bond donors (Lipinski definition) is 2. The van der Waals surface area contributed by atoms with Gasteiger partial charge in [0.05, 0.1) is 0 Å². The van der Waals surface area contributed by atoms with Crippen LogP contribution < -0.4 is 5.73 Å². The molecule has 3 rings (SSSR count). The standard InChI is InChI=1S/C11H11FN2/c12-7-2-1-3-9-10(7)6-4-5-8(13)11(6)14-9/h1-3,8,14H,4-5,13H2. The Morgan fingerprint density at radius 2 is 2.29 bits per heavy atom. The van der Waals surface area contributed by atoms with Gasteiger partial charge < -0.3 is 10.7 Å². The maximum absolute atomic E-state index is 13.5. The number of aromatic nitrogens is 1. The van der Waals surface area contributed by atoms with E-state index in [1.807, 2.05) is 6.07 Å². The summed E-state index contributed by atoms with van der Waals surface area (Å²) >= 11 is 0. The normalized spacial score (nSPS) is 20.3. The van der Waals surface area contributed by atoms with E-state index >= 15 is 0 Å². The lowest BCUT2D eigenvalue weighted by Crippen LogP contribution is -2.05. The Hall–Kier alpha value is -1.35. The Bertz CT molecular complexity index is 501. The van der Waals surface area contributed by atoms with E-state index in [1.54, 1.807) is 6.07 Å². The quantitative estimate of drug-likeness (QED) is 0.657. The molecule has 1 aliphatic rings. The minimum absolute atomic E-state index is 0.0526. The second-order valence-electron chi connectivity index (χ2n) is 3.82. The average Bonchev–Trinajstić information content (AvgIpc) is 2.68. The van der Waals surface area contributed by atoms with Crippen molar-refractivity contribution in [3.05, 3.63) is 35.3 Å². The molecule has 0 saturated carbocycles. The lowest BCUT2D eigenvalue weighted by Gasteiger charge is -1.99. The van der Waals surface area contributed by atoms with Crippen molar-refractivity contribution in [2.24, 2.45) is 5.73 Å². The molecule has 2 aromatic rings. The van der Waals surface area contributed by atoms with E-state index in [0.717, 1.165) is 35.0 Å². The molecule has 1 heterocycles. The van der Waals surface area contributed by atoms with Gasteiger partial charge >= 0.3 is 0 Å². The van der Waals surface area contributed by atoms with E-state index in [1.165, 1.54) is 6.07 Å². The molecule has 3 N–H and O–H groups in total. The molecule has 0 bridgehead atoms. The van der Waals surface area contributed by atoms with E-state index in [4.69, 9.17) is 5.73 Å². The second kappa shape index (κ2) is 2.58. The van der Waals surface area contributed by atoms with Gasteiger partial charge in [-0.2, -0.15) is 0 Å². The van der Waals surface area contributed by atoms with Gasteiger partial charge in [-0.15, -0.1) is 0 Å². The first-order chi connectivity index (χ1) is 6.77. The molecule has 0 spiro atoms. The molecule has 0 amide bonds. The molecule has 3 heteroatoms. The van der Waals surface area contributed by atoms with Crippen molar-refractivity contribution in [1.82, 2.24) is 4.98 Å². The highest BCUT2D eigenvalue weighted by Gasteiger charge is 2.24. The monoisotopic (exact) mass is 190 g/mol. The van der Waals surface area contributed by atoms with Crippen LogP contribution in [-0.2, 0) is 6.42 Å². The molecule has 0 fully saturated rings. The van der Waals surface area contributed by atoms with Crippen molar-refractivity contribution in [2.45, 2.75) is 18.9 Å². The van der Waals surface area contributed by atoms with Gasteiger partial charge in [-0.25, -0.2) is 4.39 Å². The fourth-order valence-electron chi connectivity index (χ4n) is 2.31. The first-order valence-electron chi connectivity index (χ1n) is 4.82. The number of benzene rings is 1. The van der Waals surface area contributed by atoms with Gasteiger partial charge in [-0.05, 0) is 30.5 Å². The summed E-state index contributed by atoms with van der Waals surface area (Å²) in [5.74, 6) is -0.144. The molecule has 14 heavy (non-hydrogen) atoms. The number of aryl methyl sites for hydroxylation is 1. The molecule has 2 nitrogen and oxygen atoms in total. The summed E-state index contributed by atoms with van der Waals surface area (Å²) in [6.07, 6.45) is 1.81. The highest BCUT2D eigenvalue weighted by molar-refractivity contribution is 5.86. The maximum atomic E-state index is 13.5. The summed E-state index contributed by atoms with van der Waals surface area (Å²) in [4.78, 5) is 3.20. The van der Waals surface area contributed by atoms with Crippen LogP contribution in [0.4, 0.5) is 4.39 Å². The van der Waals surface area contributed by atoms with Crippen molar-refractivity contribution in [3.63, 3.8) is 0 Å². The Kier molecular flexibility index (Phi) is 1.47. The van der Waals surface area contributed by atoms with Crippen molar-refractivity contribution < 1.29 is 4.39 Å². The summed E-state index contributed by atoms with van der Waals surface area (Å²) in [5.41, 5.74) is 8.87. The summed E-state index contributed by atoms with van der Waals surface area (Å²) in [6, 6.07) is 5.16. The van der Waals surface area contributed by atoms with Crippen LogP contribution in [0.2, 0.25) is 0 Å². The minimum atomic E-state index is -0.144. The first-order valence-corrected chi connectivity index (χ1v) is 4.82. The van der Waals surface area contributed by atoms with Crippen LogP contribution in [0.15, 0.2) is 18.2 Å². The minimum Gasteiger partial charge on any atom is -0.357 e. The lowest BCUT2D eigenvalue weighted by atomic mass is 10.1. The topological polar surface area (TPSA) is 41.8 Å². The Morgan fingerprint density at radius 3 is 3.14 bits per heavy atom. The van der Waals surface area contributed by atoms with Crippen molar-refractivity contribution in [1.29, 1.82) is 0 Å². The molecule has 1 aliphatic carbocycles. The average molecular weight is 190 g/mol. The third-order valence-corrected chi connectivity index (χ3v) is 2.99. The maximum Gasteiger partial charge on any atom is 0.132 e. The van der Waals surface area contributed by atoms with Gasteiger partial charge in [0, 0.05) is 22.6 Å². The van der Waals surface area contributed by atoms with E-state index < -0.39 is 0 Å². The molecule has 0 saturated heterocycles. The van der Waals surface area contributed by atoms with E-state index in [9.17, 15) is 4.39 Å². The van der Waals surface area contributed by atoms with Crippen LogP contribution in [0, 0.1) is 5.82 Å². The summed E-state index contributed by atoms with van der Waals surface area (Å²) < 4.78 is 13.5. The lowest BCUT2D eigenvalue weighted by molar-refractivity contribution is 0.638. The predicted octanol–water partition coefficient (Wildman–Crippen LogP) is 2.25. The molecule has 0 aliphatic heterocycles. The highest BCUT2D eigenvalue weighted by Crippen LogP contribution is 2.35. The summed E-state index contributed by atoms with van der Waals surface area (Å²) in [7, 11) is 0. The zero-order valence-electron chi connectivity index (χ0n) is 7.68. The van der Waals surface area contributed by atoms with Crippen molar-refractivity contribution >= 4 is 10.9 Å². The van der Waals surface area contributed by atoms with Crippen LogP contribution in [0.1, 0.15) is 23.7 Å². The Balaban J connectivity index is 2.41. The molecule has 1 aromatic heterocycles. The van der Waals surface area contributed by atoms with Crippen molar-refractivity contribution in [3.8, 4) is 0 Å². The fourth-order valence-corrected chi connectivity index (χ4v) is 2.31. The SMILES string of the molecule is NC1CCc2c1[nH]c1cccc(F)c21. The van der Waals surface area contributed by atoms with Gasteiger partial charge in [0.15, 0.2) is 0 Å². The van der Waals surface area contributed by atoms with Crippen LogP contribution in [-0.4, -0.2) is 4.98 Å². The Morgan fingerprint density at radius 1 is 1.43 bits per heavy atom. The molecule has 1 atom stereocenters. The molecule has 0 radical (unpaired) electrons. The number of hydrogen-bond acceptors (Lipinski definition) is 1. The largest absolute Gasteiger partial charge is 0.357 e. The smallest absolute Gasteiger partial charge is 0.132 e. The number of aromatic amines is 1. The summed E-state index contributed by atoms with van der Waals surface area (Å²) in [5, 5.41) is 0.732. The van der Waals surface area contributed by atoms with Crippen LogP contribution in [0.3, 0.4) is 0 Å². The number of fused-ring (bicyclic) bond motifs is 3. The number of H-pyrrole nitrogens is 1. The van der Waals surface area contributed by atoms with E-state index in [-0.39, 0.29) is 11.9 Å². The zero-order valence-corrected chi connectivity index (χ0v) is 7.68. The molecular formula is C11H11FN2. The van der Waals surface area contributed by atoms with Crippen molar-refractivity contribution in [2.75, 3.05) is 0 Å². The zero-order chi connectivity index (χ0) is 9.71. The number of halogens is 1. The van der Waals surface area contributed by atoms with Gasteiger partial charge in [-0.3, -0.25) is 0 Å². The number of nitrogens with two attached hydrogens (primary N) is 1. The van der Waals surface area contributed by atoms with Gasteiger partial charge in [0.2, 0.25) is 0 Å². The third-order valence-electron chi connectivity index (χ3n) is 2.99. The van der Waals surface area contributed by atoms with Gasteiger partial charge in [0.1, 0.15) is 5.82 Å². The highest BCUT2D eigenvalue weighted by atomic mass is 19.1. The molecule has 1 unspecified atom stereocenters. The molecular weight excluding hydrogens is 179 g/mol.